The quantitative estimate of drug-likeness (QED) is 0.513. The van der Waals surface area contributed by atoms with Gasteiger partial charge in [-0.05, 0) is 50.5 Å². The summed E-state index contributed by atoms with van der Waals surface area (Å²) < 4.78 is 66.4. The fourth-order valence-electron chi connectivity index (χ4n) is 4.58. The summed E-state index contributed by atoms with van der Waals surface area (Å²) in [6.45, 7) is 3.41. The molecular weight excluding hydrogens is 506 g/mol. The van der Waals surface area contributed by atoms with Crippen LogP contribution in [-0.4, -0.2) is 45.6 Å². The lowest BCUT2D eigenvalue weighted by Crippen LogP contribution is -2.58. The van der Waals surface area contributed by atoms with Crippen LogP contribution in [0.5, 0.6) is 5.88 Å². The summed E-state index contributed by atoms with van der Waals surface area (Å²) in [4.78, 5) is 12.5. The van der Waals surface area contributed by atoms with Crippen molar-refractivity contribution in [1.82, 2.24) is 19.4 Å². The highest BCUT2D eigenvalue weighted by molar-refractivity contribution is 7.91. The number of aliphatic imine (C=N–C) groups is 1. The van der Waals surface area contributed by atoms with Gasteiger partial charge in [0.05, 0.1) is 12.4 Å². The van der Waals surface area contributed by atoms with Crippen LogP contribution in [0.2, 0.25) is 0 Å². The van der Waals surface area contributed by atoms with Crippen LogP contribution in [0.4, 0.5) is 8.78 Å². The Morgan fingerprint density at radius 1 is 1.27 bits per heavy atom. The Balaban J connectivity index is 1.41. The number of aryl methyl sites for hydroxylation is 1. The molecule has 1 atom stereocenters. The topological polar surface area (TPSA) is 137 Å². The summed E-state index contributed by atoms with van der Waals surface area (Å²) in [5.41, 5.74) is 5.24. The van der Waals surface area contributed by atoms with Crippen molar-refractivity contribution in [2.45, 2.75) is 43.6 Å². The average Bonchev–Trinajstić information content (AvgIpc) is 3.60. The number of nitrogens with two attached hydrogens (primary N) is 1. The molecule has 1 spiro atoms. The van der Waals surface area contributed by atoms with Gasteiger partial charge in [-0.1, -0.05) is 11.2 Å². The minimum Gasteiger partial charge on any atom is -0.470 e. The summed E-state index contributed by atoms with van der Waals surface area (Å²) in [7, 11) is -2.55. The third kappa shape index (κ3) is 4.02. The van der Waals surface area contributed by atoms with Gasteiger partial charge in [-0.2, -0.15) is 0 Å². The van der Waals surface area contributed by atoms with Gasteiger partial charge >= 0.3 is 0 Å². The molecule has 1 aliphatic heterocycles. The summed E-state index contributed by atoms with van der Waals surface area (Å²) >= 11 is 0. The van der Waals surface area contributed by atoms with Crippen LogP contribution in [0.1, 0.15) is 48.0 Å². The van der Waals surface area contributed by atoms with E-state index < -0.39 is 32.0 Å². The van der Waals surface area contributed by atoms with Crippen LogP contribution in [-0.2, 0) is 22.2 Å². The summed E-state index contributed by atoms with van der Waals surface area (Å²) in [6.07, 6.45) is 4.24. The van der Waals surface area contributed by atoms with Crippen LogP contribution in [0, 0.1) is 12.7 Å². The van der Waals surface area contributed by atoms with Crippen molar-refractivity contribution in [2.24, 2.45) is 10.7 Å². The fourth-order valence-corrected chi connectivity index (χ4v) is 6.66. The largest absolute Gasteiger partial charge is 0.470 e. The maximum Gasteiger partial charge on any atom is 0.245 e. The number of hydrogen-bond donors (Lipinski definition) is 1. The van der Waals surface area contributed by atoms with Crippen LogP contribution < -0.4 is 10.5 Å². The van der Waals surface area contributed by atoms with E-state index >= 15 is 8.78 Å². The maximum atomic E-state index is 15.1. The highest BCUT2D eigenvalue weighted by Crippen LogP contribution is 2.60. The fraction of sp³-hybridized carbons (Fsp3) is 0.333. The minimum absolute atomic E-state index is 0.0177. The molecule has 1 fully saturated rings. The number of ether oxygens (including phenoxy) is 1. The second-order valence-corrected chi connectivity index (χ2v) is 11.5. The average molecular weight is 531 g/mol. The smallest absolute Gasteiger partial charge is 0.245 e. The second-order valence-electron chi connectivity index (χ2n) is 9.20. The van der Waals surface area contributed by atoms with Gasteiger partial charge in [0.1, 0.15) is 39.9 Å². The Labute approximate surface area is 211 Å². The predicted octanol–water partition coefficient (Wildman–Crippen LogP) is 3.30. The Morgan fingerprint density at radius 2 is 2.03 bits per heavy atom. The zero-order valence-corrected chi connectivity index (χ0v) is 21.1. The number of benzene rings is 1. The molecule has 194 valence electrons. The highest BCUT2D eigenvalue weighted by atomic mass is 32.2. The summed E-state index contributed by atoms with van der Waals surface area (Å²) in [6, 6.07) is 5.63. The molecule has 1 aromatic carbocycles. The molecule has 0 amide bonds. The molecule has 13 heteroatoms. The monoisotopic (exact) mass is 530 g/mol. The van der Waals surface area contributed by atoms with Gasteiger partial charge in [0, 0.05) is 18.7 Å². The van der Waals surface area contributed by atoms with Crippen LogP contribution >= 0.6 is 0 Å². The van der Waals surface area contributed by atoms with Gasteiger partial charge in [0.25, 0.3) is 0 Å². The van der Waals surface area contributed by atoms with Crippen molar-refractivity contribution in [3.8, 4) is 5.88 Å². The Hall–Kier alpha value is -3.87. The van der Waals surface area contributed by atoms with Gasteiger partial charge in [-0.3, -0.25) is 0 Å². The lowest BCUT2D eigenvalue weighted by atomic mass is 9.85. The lowest BCUT2D eigenvalue weighted by Gasteiger charge is -2.42. The zero-order chi connectivity index (χ0) is 26.6. The molecule has 1 saturated carbocycles. The van der Waals surface area contributed by atoms with Crippen molar-refractivity contribution >= 4 is 27.9 Å². The van der Waals surface area contributed by atoms with Gasteiger partial charge in [0.15, 0.2) is 5.83 Å². The van der Waals surface area contributed by atoms with Crippen molar-refractivity contribution in [3.05, 3.63) is 70.8 Å². The van der Waals surface area contributed by atoms with Crippen molar-refractivity contribution in [1.29, 1.82) is 0 Å². The molecule has 0 radical (unpaired) electrons. The number of nitrogens with zero attached hydrogens (tertiary/aromatic N) is 5. The Morgan fingerprint density at radius 3 is 2.65 bits per heavy atom. The van der Waals surface area contributed by atoms with Gasteiger partial charge in [-0.15, -0.1) is 0 Å². The molecule has 0 saturated heterocycles. The molecule has 0 unspecified atom stereocenters. The first-order chi connectivity index (χ1) is 17.5. The number of sulfonamides is 1. The first kappa shape index (κ1) is 24.8. The van der Waals surface area contributed by atoms with E-state index in [2.05, 4.69) is 20.1 Å². The van der Waals surface area contributed by atoms with E-state index in [-0.39, 0.29) is 29.7 Å². The zero-order valence-electron chi connectivity index (χ0n) is 20.3. The molecule has 2 aliphatic rings. The first-order valence-corrected chi connectivity index (χ1v) is 12.8. The van der Waals surface area contributed by atoms with E-state index in [1.54, 1.807) is 19.9 Å². The SMILES string of the molecule is Cc1cc(COc2cnc(/C(F)=C/c3ccc(F)c([C@@]4(C)N=C(N)N(C)S(=O)(=O)C45CC5)c3)cn2)no1. The molecule has 5 rings (SSSR count). The van der Waals surface area contributed by atoms with E-state index in [0.29, 0.717) is 29.9 Å². The van der Waals surface area contributed by atoms with Crippen molar-refractivity contribution in [3.63, 3.8) is 0 Å². The molecule has 3 aromatic rings. The normalized spacial score (nSPS) is 22.1. The number of halogens is 2. The molecule has 10 nitrogen and oxygen atoms in total. The Kier molecular flexibility index (Phi) is 5.77. The first-order valence-electron chi connectivity index (χ1n) is 11.4. The third-order valence-corrected chi connectivity index (χ3v) is 9.53. The molecule has 0 bridgehead atoms. The Bertz CT molecular complexity index is 1530. The van der Waals surface area contributed by atoms with E-state index in [1.807, 2.05) is 0 Å². The van der Waals surface area contributed by atoms with E-state index in [4.69, 9.17) is 15.0 Å². The molecule has 3 heterocycles. The van der Waals surface area contributed by atoms with Crippen molar-refractivity contribution < 1.29 is 26.5 Å². The van der Waals surface area contributed by atoms with Crippen LogP contribution in [0.15, 0.2) is 46.2 Å². The number of aromatic nitrogens is 3. The summed E-state index contributed by atoms with van der Waals surface area (Å²) in [5, 5.41) is 3.81. The third-order valence-electron chi connectivity index (χ3n) is 6.83. The predicted molar refractivity (Wildman–Crippen MR) is 131 cm³/mol. The molecule has 2 N–H and O–H groups in total. The molecule has 1 aliphatic carbocycles. The standard InChI is InChI=1S/C24H24F2N6O4S/c1-14-8-16(31-36-14)13-35-21-12-28-20(11-29-21)19(26)10-15-4-5-18(25)17(9-15)23(2)24(6-7-24)37(33,34)32(3)22(27)30-23/h4-5,8-12H,6-7,13H2,1-3H3,(H2,27,30)/b19-10-/t23-/m1/s1. The number of guanidine groups is 1. The summed E-state index contributed by atoms with van der Waals surface area (Å²) in [5.74, 6) is -0.809. The van der Waals surface area contributed by atoms with Gasteiger partial charge in [0.2, 0.25) is 21.9 Å². The molecule has 37 heavy (non-hydrogen) atoms. The maximum absolute atomic E-state index is 15.1. The van der Waals surface area contributed by atoms with E-state index in [1.165, 1.54) is 31.6 Å². The van der Waals surface area contributed by atoms with E-state index in [0.717, 1.165) is 16.4 Å². The molecular formula is C24H24F2N6O4S. The molecule has 2 aromatic heterocycles. The number of rotatable bonds is 6. The van der Waals surface area contributed by atoms with E-state index in [9.17, 15) is 8.42 Å². The van der Waals surface area contributed by atoms with Crippen LogP contribution in [0.3, 0.4) is 0 Å². The van der Waals surface area contributed by atoms with Gasteiger partial charge < -0.3 is 15.0 Å². The van der Waals surface area contributed by atoms with Crippen molar-refractivity contribution in [2.75, 3.05) is 7.05 Å². The van der Waals surface area contributed by atoms with Gasteiger partial charge in [-0.25, -0.2) is 36.5 Å². The van der Waals surface area contributed by atoms with Crippen LogP contribution in [0.25, 0.3) is 11.9 Å². The lowest BCUT2D eigenvalue weighted by molar-refractivity contribution is 0.276. The second kappa shape index (κ2) is 8.61. The minimum atomic E-state index is -3.87. The number of hydrogen-bond acceptors (Lipinski definition) is 9. The highest BCUT2D eigenvalue weighted by Gasteiger charge is 2.70.